The molecule has 1 saturated heterocycles. The number of carbonyl (C=O) groups is 1. The third-order valence-corrected chi connectivity index (χ3v) is 5.08. The number of rotatable bonds is 5. The van der Waals surface area contributed by atoms with E-state index in [2.05, 4.69) is 15.7 Å². The molecule has 1 aromatic heterocycles. The van der Waals surface area contributed by atoms with Crippen LogP contribution in [0.2, 0.25) is 0 Å². The number of benzene rings is 2. The van der Waals surface area contributed by atoms with E-state index in [0.717, 1.165) is 29.3 Å². The van der Waals surface area contributed by atoms with Gasteiger partial charge in [-0.1, -0.05) is 17.7 Å². The molecular weight excluding hydrogens is 388 g/mol. The van der Waals surface area contributed by atoms with E-state index in [9.17, 15) is 4.79 Å². The highest BCUT2D eigenvalue weighted by molar-refractivity contribution is 5.93. The first-order valence-electron chi connectivity index (χ1n) is 9.43. The Hall–Kier alpha value is -2.83. The molecule has 3 aromatic rings. The zero-order chi connectivity index (χ0) is 19.5. The van der Waals surface area contributed by atoms with Crippen molar-refractivity contribution in [3.8, 4) is 11.5 Å². The molecule has 152 valence electrons. The monoisotopic (exact) mass is 412 g/mol. The maximum atomic E-state index is 12.8. The summed E-state index contributed by atoms with van der Waals surface area (Å²) in [5.74, 6) is 1.56. The van der Waals surface area contributed by atoms with Crippen LogP contribution in [0.1, 0.15) is 17.0 Å². The third-order valence-electron chi connectivity index (χ3n) is 5.08. The average Bonchev–Trinajstić information content (AvgIpc) is 3.34. The number of hydrogen-bond acceptors (Lipinski definition) is 4. The van der Waals surface area contributed by atoms with Gasteiger partial charge in [0.2, 0.25) is 5.91 Å². The quantitative estimate of drug-likeness (QED) is 0.667. The zero-order valence-electron chi connectivity index (χ0n) is 16.5. The van der Waals surface area contributed by atoms with Gasteiger partial charge in [-0.05, 0) is 48.9 Å². The highest BCUT2D eigenvalue weighted by atomic mass is 35.5. The number of amides is 1. The van der Waals surface area contributed by atoms with E-state index in [0.29, 0.717) is 6.54 Å². The summed E-state index contributed by atoms with van der Waals surface area (Å²) >= 11 is 0. The number of carbonyl (C=O) groups excluding carboxylic acids is 1. The lowest BCUT2D eigenvalue weighted by molar-refractivity contribution is -0.119. The predicted octanol–water partition coefficient (Wildman–Crippen LogP) is 3.88. The highest BCUT2D eigenvalue weighted by Gasteiger charge is 2.34. The lowest BCUT2D eigenvalue weighted by Gasteiger charge is -2.17. The second kappa shape index (κ2) is 9.11. The standard InChI is InChI=1S/C22H24N4O2.ClH/c1-15-3-7-18(8-4-15)28-19-9-5-17(6-10-19)25-22(27)21-13-23-12-20(21)16-11-24-26(2)14-16;/h3-11,14,20-21,23H,12-13H2,1-2H3,(H,25,27);1H/t20-,21+;/m1./s1. The second-order valence-electron chi connectivity index (χ2n) is 7.25. The molecule has 0 radical (unpaired) electrons. The van der Waals surface area contributed by atoms with Gasteiger partial charge in [-0.15, -0.1) is 12.4 Å². The van der Waals surface area contributed by atoms with E-state index in [1.54, 1.807) is 4.68 Å². The topological polar surface area (TPSA) is 68.2 Å². The number of ether oxygens (including phenoxy) is 1. The number of hydrogen-bond donors (Lipinski definition) is 2. The molecule has 1 aliphatic heterocycles. The van der Waals surface area contributed by atoms with Crippen LogP contribution < -0.4 is 15.4 Å². The molecule has 1 amide bonds. The molecule has 7 heteroatoms. The van der Waals surface area contributed by atoms with Gasteiger partial charge in [-0.25, -0.2) is 0 Å². The zero-order valence-corrected chi connectivity index (χ0v) is 17.3. The smallest absolute Gasteiger partial charge is 0.229 e. The molecular formula is C22H25ClN4O2. The molecule has 2 aromatic carbocycles. The highest BCUT2D eigenvalue weighted by Crippen LogP contribution is 2.29. The predicted molar refractivity (Wildman–Crippen MR) is 116 cm³/mol. The van der Waals surface area contributed by atoms with E-state index in [1.165, 1.54) is 5.56 Å². The first-order chi connectivity index (χ1) is 13.6. The minimum Gasteiger partial charge on any atom is -0.457 e. The van der Waals surface area contributed by atoms with Gasteiger partial charge < -0.3 is 15.4 Å². The average molecular weight is 413 g/mol. The van der Waals surface area contributed by atoms with Gasteiger partial charge in [0.15, 0.2) is 0 Å². The van der Waals surface area contributed by atoms with E-state index >= 15 is 0 Å². The van der Waals surface area contributed by atoms with E-state index < -0.39 is 0 Å². The summed E-state index contributed by atoms with van der Waals surface area (Å²) in [5.41, 5.74) is 3.05. The summed E-state index contributed by atoms with van der Waals surface area (Å²) in [5, 5.41) is 10.6. The first-order valence-corrected chi connectivity index (χ1v) is 9.43. The molecule has 4 rings (SSSR count). The van der Waals surface area contributed by atoms with Crippen molar-refractivity contribution in [2.45, 2.75) is 12.8 Å². The number of halogens is 1. The van der Waals surface area contributed by atoms with Crippen LogP contribution in [0.25, 0.3) is 0 Å². The Morgan fingerprint density at radius 3 is 2.38 bits per heavy atom. The molecule has 1 fully saturated rings. The summed E-state index contributed by atoms with van der Waals surface area (Å²) in [4.78, 5) is 12.8. The van der Waals surface area contributed by atoms with E-state index in [-0.39, 0.29) is 30.2 Å². The normalized spacial score (nSPS) is 18.1. The van der Waals surface area contributed by atoms with Crippen LogP contribution >= 0.6 is 12.4 Å². The summed E-state index contributed by atoms with van der Waals surface area (Å²) in [6, 6.07) is 15.4. The van der Waals surface area contributed by atoms with E-state index in [1.807, 2.05) is 74.9 Å². The fourth-order valence-electron chi connectivity index (χ4n) is 3.52. The fourth-order valence-corrected chi connectivity index (χ4v) is 3.52. The van der Waals surface area contributed by atoms with Crippen molar-refractivity contribution in [1.29, 1.82) is 0 Å². The van der Waals surface area contributed by atoms with Crippen LogP contribution in [0.15, 0.2) is 60.9 Å². The number of nitrogens with zero attached hydrogens (tertiary/aromatic N) is 2. The molecule has 2 atom stereocenters. The second-order valence-corrected chi connectivity index (χ2v) is 7.25. The van der Waals surface area contributed by atoms with Gasteiger partial charge in [0.1, 0.15) is 11.5 Å². The molecule has 1 aliphatic rings. The van der Waals surface area contributed by atoms with Gasteiger partial charge in [0.05, 0.1) is 12.1 Å². The number of nitrogens with one attached hydrogen (secondary N) is 2. The molecule has 6 nitrogen and oxygen atoms in total. The lowest BCUT2D eigenvalue weighted by Crippen LogP contribution is -2.28. The van der Waals surface area contributed by atoms with Gasteiger partial charge in [0.25, 0.3) is 0 Å². The maximum Gasteiger partial charge on any atom is 0.229 e. The van der Waals surface area contributed by atoms with Crippen LogP contribution in [0.3, 0.4) is 0 Å². The Balaban J connectivity index is 0.00000240. The van der Waals surface area contributed by atoms with E-state index in [4.69, 9.17) is 4.74 Å². The number of anilines is 1. The van der Waals surface area contributed by atoms with Gasteiger partial charge >= 0.3 is 0 Å². The minimum absolute atomic E-state index is 0. The summed E-state index contributed by atoms with van der Waals surface area (Å²) in [7, 11) is 1.89. The summed E-state index contributed by atoms with van der Waals surface area (Å²) in [6.07, 6.45) is 3.82. The van der Waals surface area contributed by atoms with Crippen molar-refractivity contribution >= 4 is 24.0 Å². The number of aromatic nitrogens is 2. The van der Waals surface area contributed by atoms with Crippen LogP contribution in [-0.4, -0.2) is 28.8 Å². The van der Waals surface area contributed by atoms with Crippen LogP contribution in [0.5, 0.6) is 11.5 Å². The van der Waals surface area contributed by atoms with Gasteiger partial charge in [-0.2, -0.15) is 5.10 Å². The van der Waals surface area contributed by atoms with Gasteiger partial charge in [0, 0.05) is 37.9 Å². The maximum absolute atomic E-state index is 12.8. The summed E-state index contributed by atoms with van der Waals surface area (Å²) in [6.45, 7) is 3.49. The fraction of sp³-hybridized carbons (Fsp3) is 0.273. The Labute approximate surface area is 176 Å². The summed E-state index contributed by atoms with van der Waals surface area (Å²) < 4.78 is 7.61. The molecule has 0 saturated carbocycles. The van der Waals surface area contributed by atoms with Crippen molar-refractivity contribution in [2.24, 2.45) is 13.0 Å². The van der Waals surface area contributed by atoms with Crippen molar-refractivity contribution < 1.29 is 9.53 Å². The Kier molecular flexibility index (Phi) is 6.56. The molecule has 2 heterocycles. The molecule has 2 N–H and O–H groups in total. The van der Waals surface area contributed by atoms with Crippen molar-refractivity contribution in [3.63, 3.8) is 0 Å². The largest absolute Gasteiger partial charge is 0.457 e. The van der Waals surface area contributed by atoms with Gasteiger partial charge in [-0.3, -0.25) is 9.48 Å². The Morgan fingerprint density at radius 1 is 1.10 bits per heavy atom. The molecule has 29 heavy (non-hydrogen) atoms. The van der Waals surface area contributed by atoms with Crippen molar-refractivity contribution in [2.75, 3.05) is 18.4 Å². The third kappa shape index (κ3) is 4.96. The molecule has 0 aliphatic carbocycles. The van der Waals surface area contributed by atoms with Crippen molar-refractivity contribution in [3.05, 3.63) is 72.1 Å². The molecule has 0 spiro atoms. The number of aryl methyl sites for hydroxylation is 2. The van der Waals surface area contributed by atoms with Crippen LogP contribution in [0, 0.1) is 12.8 Å². The minimum atomic E-state index is -0.118. The first kappa shape index (κ1) is 20.9. The van der Waals surface area contributed by atoms with Crippen molar-refractivity contribution in [1.82, 2.24) is 15.1 Å². The van der Waals surface area contributed by atoms with Crippen LogP contribution in [0.4, 0.5) is 5.69 Å². The Morgan fingerprint density at radius 2 is 1.76 bits per heavy atom. The Bertz CT molecular complexity index is 954. The lowest BCUT2D eigenvalue weighted by atomic mass is 9.90. The molecule has 0 bridgehead atoms. The van der Waals surface area contributed by atoms with Crippen LogP contribution in [-0.2, 0) is 11.8 Å². The SMILES string of the molecule is Cc1ccc(Oc2ccc(NC(=O)[C@H]3CNC[C@@H]3c3cnn(C)c3)cc2)cc1.Cl. The molecule has 0 unspecified atom stereocenters.